The topological polar surface area (TPSA) is 104 Å². The average molecular weight is 411 g/mol. The van der Waals surface area contributed by atoms with E-state index in [0.717, 1.165) is 19.3 Å². The molecule has 6 nitrogen and oxygen atoms in total. The molecule has 0 heterocycles. The van der Waals surface area contributed by atoms with Gasteiger partial charge in [-0.25, -0.2) is 4.57 Å². The fourth-order valence-electron chi connectivity index (χ4n) is 2.62. The zero-order valence-electron chi connectivity index (χ0n) is 17.5. The van der Waals surface area contributed by atoms with Gasteiger partial charge in [0.15, 0.2) is 0 Å². The lowest BCUT2D eigenvalue weighted by molar-refractivity contribution is -0.137. The molecule has 0 atom stereocenters. The minimum Gasteiger partial charge on any atom is -0.481 e. The molecule has 0 saturated carbocycles. The molecule has 164 valence electrons. The van der Waals surface area contributed by atoms with Crippen molar-refractivity contribution >= 4 is 13.8 Å². The van der Waals surface area contributed by atoms with E-state index >= 15 is 0 Å². The highest BCUT2D eigenvalue weighted by Gasteiger charge is 2.11. The predicted molar refractivity (Wildman–Crippen MR) is 111 cm³/mol. The Morgan fingerprint density at radius 1 is 0.704 bits per heavy atom. The van der Waals surface area contributed by atoms with Crippen LogP contribution in [0.1, 0.15) is 117 Å². The first-order valence-electron chi connectivity index (χ1n) is 10.7. The third-order valence-corrected chi connectivity index (χ3v) is 4.77. The van der Waals surface area contributed by atoms with Gasteiger partial charge >= 0.3 is 13.8 Å². The molecule has 0 aliphatic carbocycles. The smallest absolute Gasteiger partial charge is 0.469 e. The number of carboxylic acids is 1. The molecule has 0 unspecified atom stereocenters. The van der Waals surface area contributed by atoms with Crippen LogP contribution < -0.4 is 0 Å². The number of phosphoric acid groups is 1. The van der Waals surface area contributed by atoms with Crippen molar-refractivity contribution in [3.63, 3.8) is 0 Å². The van der Waals surface area contributed by atoms with E-state index in [-0.39, 0.29) is 6.61 Å². The first kappa shape index (κ1) is 28.8. The fourth-order valence-corrected chi connectivity index (χ4v) is 2.99. The predicted octanol–water partition coefficient (Wildman–Crippen LogP) is 6.45. The van der Waals surface area contributed by atoms with Gasteiger partial charge in [-0.05, 0) is 12.8 Å². The standard InChI is InChI=1S/C16H32O2.C4H11O4P/c1-2-3-4-5-6-7-8-9-10-11-12-13-14-15-16(17)18;1-2-3-4-8-9(5,6)7/h2-15H2,1H3,(H,17,18);2-4H2,1H3,(H2,5,6,7). The summed E-state index contributed by atoms with van der Waals surface area (Å²) < 4.78 is 14.1. The number of aliphatic carboxylic acids is 1. The van der Waals surface area contributed by atoms with Crippen LogP contribution in [0.15, 0.2) is 0 Å². The Morgan fingerprint density at radius 3 is 1.41 bits per heavy atom. The van der Waals surface area contributed by atoms with Gasteiger partial charge in [-0.3, -0.25) is 9.32 Å². The second-order valence-electron chi connectivity index (χ2n) is 7.06. The molecule has 0 radical (unpaired) electrons. The maximum atomic E-state index is 10.3. The van der Waals surface area contributed by atoms with Crippen LogP contribution in [0.4, 0.5) is 0 Å². The Morgan fingerprint density at radius 2 is 1.07 bits per heavy atom. The van der Waals surface area contributed by atoms with E-state index < -0.39 is 13.8 Å². The quantitative estimate of drug-likeness (QED) is 0.177. The first-order chi connectivity index (χ1) is 12.8. The molecule has 0 bridgehead atoms. The van der Waals surface area contributed by atoms with Gasteiger partial charge in [0.1, 0.15) is 0 Å². The monoisotopic (exact) mass is 410 g/mol. The number of hydrogen-bond donors (Lipinski definition) is 3. The average Bonchev–Trinajstić information content (AvgIpc) is 2.58. The number of rotatable bonds is 18. The summed E-state index contributed by atoms with van der Waals surface area (Å²) in [6.07, 6.45) is 18.8. The molecular formula is C20H43O6P. The lowest BCUT2D eigenvalue weighted by Gasteiger charge is -2.02. The summed E-state index contributed by atoms with van der Waals surface area (Å²) in [6, 6.07) is 0. The molecule has 0 saturated heterocycles. The van der Waals surface area contributed by atoms with Crippen molar-refractivity contribution in [2.45, 2.75) is 117 Å². The summed E-state index contributed by atoms with van der Waals surface area (Å²) in [7, 11) is -4.20. The van der Waals surface area contributed by atoms with Crippen LogP contribution in [0.25, 0.3) is 0 Å². The molecule has 0 aromatic heterocycles. The Bertz CT molecular complexity index is 356. The summed E-state index contributed by atoms with van der Waals surface area (Å²) in [4.78, 5) is 26.6. The SMILES string of the molecule is CCCCCCCCCCCCCCCC(=O)O.CCCCOP(=O)(O)O. The van der Waals surface area contributed by atoms with Crippen molar-refractivity contribution in [1.29, 1.82) is 0 Å². The van der Waals surface area contributed by atoms with Gasteiger partial charge in [0.25, 0.3) is 0 Å². The summed E-state index contributed by atoms with van der Waals surface area (Å²) in [5.41, 5.74) is 0. The second kappa shape index (κ2) is 21.9. The largest absolute Gasteiger partial charge is 0.481 e. The molecule has 0 spiro atoms. The van der Waals surface area contributed by atoms with Gasteiger partial charge in [0.2, 0.25) is 0 Å². The second-order valence-corrected chi connectivity index (χ2v) is 8.30. The molecule has 3 N–H and O–H groups in total. The number of phosphoric ester groups is 1. The Balaban J connectivity index is 0. The van der Waals surface area contributed by atoms with Crippen LogP contribution in [0.2, 0.25) is 0 Å². The minimum absolute atomic E-state index is 0.140. The molecule has 0 amide bonds. The van der Waals surface area contributed by atoms with Crippen molar-refractivity contribution in [3.05, 3.63) is 0 Å². The van der Waals surface area contributed by atoms with Crippen LogP contribution in [0.3, 0.4) is 0 Å². The molecule has 0 aliphatic rings. The highest BCUT2D eigenvalue weighted by atomic mass is 31.2. The van der Waals surface area contributed by atoms with E-state index in [4.69, 9.17) is 14.9 Å². The van der Waals surface area contributed by atoms with E-state index in [2.05, 4.69) is 11.4 Å². The van der Waals surface area contributed by atoms with Gasteiger partial charge in [0.05, 0.1) is 6.61 Å². The summed E-state index contributed by atoms with van der Waals surface area (Å²) in [5, 5.41) is 8.49. The first-order valence-corrected chi connectivity index (χ1v) is 12.3. The summed E-state index contributed by atoms with van der Waals surface area (Å²) >= 11 is 0. The normalized spacial score (nSPS) is 11.1. The van der Waals surface area contributed by atoms with E-state index in [0.29, 0.717) is 12.8 Å². The number of unbranched alkanes of at least 4 members (excludes halogenated alkanes) is 13. The van der Waals surface area contributed by atoms with Crippen LogP contribution in [0.5, 0.6) is 0 Å². The highest BCUT2D eigenvalue weighted by Crippen LogP contribution is 2.35. The number of carbonyl (C=O) groups is 1. The van der Waals surface area contributed by atoms with Gasteiger partial charge in [0, 0.05) is 6.42 Å². The van der Waals surface area contributed by atoms with Crippen molar-refractivity contribution in [3.8, 4) is 0 Å². The maximum absolute atomic E-state index is 10.3. The van der Waals surface area contributed by atoms with Gasteiger partial charge in [-0.2, -0.15) is 0 Å². The molecule has 0 aromatic carbocycles. The minimum atomic E-state index is -4.20. The third-order valence-electron chi connectivity index (χ3n) is 4.25. The van der Waals surface area contributed by atoms with E-state index in [1.54, 1.807) is 0 Å². The Kier molecular flexibility index (Phi) is 23.3. The van der Waals surface area contributed by atoms with Crippen LogP contribution in [-0.2, 0) is 13.9 Å². The Hall–Kier alpha value is -0.420. The molecular weight excluding hydrogens is 367 g/mol. The maximum Gasteiger partial charge on any atom is 0.469 e. The van der Waals surface area contributed by atoms with Crippen molar-refractivity contribution in [2.24, 2.45) is 0 Å². The van der Waals surface area contributed by atoms with Crippen molar-refractivity contribution in [2.75, 3.05) is 6.61 Å². The van der Waals surface area contributed by atoms with E-state index in [9.17, 15) is 9.36 Å². The zero-order valence-corrected chi connectivity index (χ0v) is 18.4. The lowest BCUT2D eigenvalue weighted by Crippen LogP contribution is -1.93. The summed E-state index contributed by atoms with van der Waals surface area (Å²) in [6.45, 7) is 4.32. The highest BCUT2D eigenvalue weighted by molar-refractivity contribution is 7.46. The van der Waals surface area contributed by atoms with Gasteiger partial charge in [-0.1, -0.05) is 97.3 Å². The van der Waals surface area contributed by atoms with Crippen LogP contribution in [-0.4, -0.2) is 27.5 Å². The molecule has 0 aliphatic heterocycles. The van der Waals surface area contributed by atoms with E-state index in [1.165, 1.54) is 70.6 Å². The lowest BCUT2D eigenvalue weighted by atomic mass is 10.0. The van der Waals surface area contributed by atoms with Gasteiger partial charge in [-0.15, -0.1) is 0 Å². The molecule has 27 heavy (non-hydrogen) atoms. The summed E-state index contributed by atoms with van der Waals surface area (Å²) in [5.74, 6) is -0.655. The van der Waals surface area contributed by atoms with Crippen LogP contribution in [0, 0.1) is 0 Å². The van der Waals surface area contributed by atoms with Gasteiger partial charge < -0.3 is 14.9 Å². The molecule has 0 rings (SSSR count). The molecule has 0 fully saturated rings. The zero-order chi connectivity index (χ0) is 20.8. The number of carboxylic acid groups (broad SMARTS) is 1. The van der Waals surface area contributed by atoms with Crippen molar-refractivity contribution in [1.82, 2.24) is 0 Å². The molecule has 7 heteroatoms. The number of hydrogen-bond acceptors (Lipinski definition) is 3. The molecule has 0 aromatic rings. The Labute approximate surface area is 166 Å². The van der Waals surface area contributed by atoms with Crippen LogP contribution >= 0.6 is 7.82 Å². The van der Waals surface area contributed by atoms with Crippen molar-refractivity contribution < 1.29 is 28.8 Å². The van der Waals surface area contributed by atoms with E-state index in [1.807, 2.05) is 6.92 Å². The fraction of sp³-hybridized carbons (Fsp3) is 0.950. The third kappa shape index (κ3) is 33.6.